The molecule has 1 saturated heterocycles. The number of nitro benzene ring substituents is 1. The van der Waals surface area contributed by atoms with Gasteiger partial charge in [0.15, 0.2) is 0 Å². The topological polar surface area (TPSA) is 58.8 Å². The van der Waals surface area contributed by atoms with Crippen LogP contribution in [0.4, 0.5) is 5.69 Å². The summed E-state index contributed by atoms with van der Waals surface area (Å²) in [6.45, 7) is 6.79. The predicted molar refractivity (Wildman–Crippen MR) is 81.6 cm³/mol. The van der Waals surface area contributed by atoms with Crippen LogP contribution in [0.1, 0.15) is 5.56 Å². The summed E-state index contributed by atoms with van der Waals surface area (Å²) in [6.07, 6.45) is 0.914. The van der Waals surface area contributed by atoms with E-state index in [0.29, 0.717) is 0 Å². The highest BCUT2D eigenvalue weighted by molar-refractivity contribution is 5.32. The van der Waals surface area contributed by atoms with Gasteiger partial charge in [0.1, 0.15) is 0 Å². The van der Waals surface area contributed by atoms with Crippen molar-refractivity contribution in [3.63, 3.8) is 0 Å². The van der Waals surface area contributed by atoms with Crippen molar-refractivity contribution in [3.8, 4) is 0 Å². The maximum atomic E-state index is 10.6. The lowest BCUT2D eigenvalue weighted by Crippen LogP contribution is -2.41. The van der Waals surface area contributed by atoms with E-state index in [1.165, 1.54) is 0 Å². The fraction of sp³-hybridized carbons (Fsp3) is 0.600. The lowest BCUT2D eigenvalue weighted by molar-refractivity contribution is -0.384. The van der Waals surface area contributed by atoms with Crippen LogP contribution in [-0.4, -0.2) is 67.7 Å². The molecule has 0 atom stereocenters. The highest BCUT2D eigenvalue weighted by atomic mass is 16.6. The Balaban J connectivity index is 1.68. The molecule has 1 aliphatic rings. The van der Waals surface area contributed by atoms with Crippen LogP contribution in [0.2, 0.25) is 0 Å². The molecule has 6 nitrogen and oxygen atoms in total. The number of hydrogen-bond donors (Lipinski definition) is 0. The van der Waals surface area contributed by atoms with Crippen molar-refractivity contribution in [2.45, 2.75) is 6.42 Å². The number of morpholine rings is 1. The van der Waals surface area contributed by atoms with Gasteiger partial charge < -0.3 is 9.64 Å². The molecule has 0 unspecified atom stereocenters. The summed E-state index contributed by atoms with van der Waals surface area (Å²) in [4.78, 5) is 15.0. The lowest BCUT2D eigenvalue weighted by Gasteiger charge is -2.28. The van der Waals surface area contributed by atoms with Gasteiger partial charge in [0.25, 0.3) is 5.69 Å². The van der Waals surface area contributed by atoms with Gasteiger partial charge in [0, 0.05) is 44.9 Å². The monoisotopic (exact) mass is 293 g/mol. The van der Waals surface area contributed by atoms with E-state index in [1.54, 1.807) is 12.1 Å². The molecule has 0 N–H and O–H groups in total. The molecule has 1 fully saturated rings. The quantitative estimate of drug-likeness (QED) is 0.562. The molecule has 2 rings (SSSR count). The summed E-state index contributed by atoms with van der Waals surface area (Å²) in [5.74, 6) is 0. The van der Waals surface area contributed by atoms with Gasteiger partial charge in [0.2, 0.25) is 0 Å². The van der Waals surface area contributed by atoms with Crippen molar-refractivity contribution in [1.82, 2.24) is 9.80 Å². The second kappa shape index (κ2) is 8.07. The first kappa shape index (κ1) is 15.9. The van der Waals surface area contributed by atoms with Crippen LogP contribution in [0, 0.1) is 10.1 Å². The van der Waals surface area contributed by atoms with Crippen molar-refractivity contribution >= 4 is 5.69 Å². The largest absolute Gasteiger partial charge is 0.379 e. The molecule has 0 aromatic heterocycles. The molecule has 0 aliphatic carbocycles. The summed E-state index contributed by atoms with van der Waals surface area (Å²) in [7, 11) is 2.12. The van der Waals surface area contributed by atoms with Gasteiger partial charge in [-0.3, -0.25) is 15.0 Å². The number of ether oxygens (including phenoxy) is 1. The molecule has 0 saturated carbocycles. The molecule has 6 heteroatoms. The summed E-state index contributed by atoms with van der Waals surface area (Å²) in [6, 6.07) is 6.83. The van der Waals surface area contributed by atoms with Crippen LogP contribution in [0.5, 0.6) is 0 Å². The minimum Gasteiger partial charge on any atom is -0.379 e. The van der Waals surface area contributed by atoms with Crippen LogP contribution >= 0.6 is 0 Å². The Bertz CT molecular complexity index is 444. The maximum absolute atomic E-state index is 10.6. The second-order valence-electron chi connectivity index (χ2n) is 5.43. The van der Waals surface area contributed by atoms with E-state index >= 15 is 0 Å². The Morgan fingerprint density at radius 2 is 1.90 bits per heavy atom. The molecule has 0 bridgehead atoms. The van der Waals surface area contributed by atoms with Crippen LogP contribution in [0.25, 0.3) is 0 Å². The standard InChI is InChI=1S/C15H23N3O3/c1-16(8-9-17-10-12-21-13-11-17)7-6-14-2-4-15(5-3-14)18(19)20/h2-5H,6-13H2,1H3. The number of likely N-dealkylation sites (N-methyl/N-ethyl adjacent to an activating group) is 1. The molecule has 0 spiro atoms. The zero-order valence-electron chi connectivity index (χ0n) is 12.5. The number of non-ortho nitro benzene ring substituents is 1. The lowest BCUT2D eigenvalue weighted by atomic mass is 10.1. The van der Waals surface area contributed by atoms with Crippen LogP contribution < -0.4 is 0 Å². The third-order valence-electron chi connectivity index (χ3n) is 3.83. The van der Waals surface area contributed by atoms with Crippen molar-refractivity contribution < 1.29 is 9.66 Å². The fourth-order valence-corrected chi connectivity index (χ4v) is 2.35. The Morgan fingerprint density at radius 1 is 1.24 bits per heavy atom. The Kier molecular flexibility index (Phi) is 6.10. The summed E-state index contributed by atoms with van der Waals surface area (Å²) in [5.41, 5.74) is 1.29. The minimum absolute atomic E-state index is 0.152. The number of rotatable bonds is 7. The number of hydrogen-bond acceptors (Lipinski definition) is 5. The first-order chi connectivity index (χ1) is 10.1. The Labute approximate surface area is 125 Å². The third-order valence-corrected chi connectivity index (χ3v) is 3.83. The zero-order valence-corrected chi connectivity index (χ0v) is 12.5. The summed E-state index contributed by atoms with van der Waals surface area (Å²) in [5, 5.41) is 10.6. The van der Waals surface area contributed by atoms with E-state index in [9.17, 15) is 10.1 Å². The smallest absolute Gasteiger partial charge is 0.269 e. The van der Waals surface area contributed by atoms with E-state index in [0.717, 1.165) is 57.9 Å². The van der Waals surface area contributed by atoms with Crippen LogP contribution in [-0.2, 0) is 11.2 Å². The van der Waals surface area contributed by atoms with Gasteiger partial charge in [-0.1, -0.05) is 12.1 Å². The van der Waals surface area contributed by atoms with Gasteiger partial charge in [-0.15, -0.1) is 0 Å². The molecular weight excluding hydrogens is 270 g/mol. The molecule has 21 heavy (non-hydrogen) atoms. The van der Waals surface area contributed by atoms with Gasteiger partial charge in [0.05, 0.1) is 18.1 Å². The number of nitro groups is 1. The van der Waals surface area contributed by atoms with E-state index in [4.69, 9.17) is 4.74 Å². The van der Waals surface area contributed by atoms with Crippen molar-refractivity contribution in [1.29, 1.82) is 0 Å². The first-order valence-electron chi connectivity index (χ1n) is 7.37. The van der Waals surface area contributed by atoms with Crippen LogP contribution in [0.15, 0.2) is 24.3 Å². The number of benzene rings is 1. The van der Waals surface area contributed by atoms with Crippen molar-refractivity contribution in [2.75, 3.05) is 53.0 Å². The Hall–Kier alpha value is -1.50. The summed E-state index contributed by atoms with van der Waals surface area (Å²) < 4.78 is 5.34. The average molecular weight is 293 g/mol. The molecule has 0 radical (unpaired) electrons. The molecule has 1 aromatic carbocycles. The molecule has 0 amide bonds. The number of nitrogens with zero attached hydrogens (tertiary/aromatic N) is 3. The van der Waals surface area contributed by atoms with Crippen molar-refractivity contribution in [2.24, 2.45) is 0 Å². The third kappa shape index (κ3) is 5.41. The van der Waals surface area contributed by atoms with Gasteiger partial charge >= 0.3 is 0 Å². The second-order valence-corrected chi connectivity index (χ2v) is 5.43. The van der Waals surface area contributed by atoms with Gasteiger partial charge in [-0.2, -0.15) is 0 Å². The predicted octanol–water partition coefficient (Wildman–Crippen LogP) is 1.40. The maximum Gasteiger partial charge on any atom is 0.269 e. The van der Waals surface area contributed by atoms with E-state index in [1.807, 2.05) is 12.1 Å². The van der Waals surface area contributed by atoms with Gasteiger partial charge in [-0.05, 0) is 19.0 Å². The van der Waals surface area contributed by atoms with E-state index in [2.05, 4.69) is 16.8 Å². The SMILES string of the molecule is CN(CCc1ccc([N+](=O)[O-])cc1)CCN1CCOCC1. The molecule has 1 heterocycles. The molecule has 116 valence electrons. The van der Waals surface area contributed by atoms with E-state index in [-0.39, 0.29) is 10.6 Å². The molecular formula is C15H23N3O3. The highest BCUT2D eigenvalue weighted by Crippen LogP contribution is 2.12. The highest BCUT2D eigenvalue weighted by Gasteiger charge is 2.11. The first-order valence-corrected chi connectivity index (χ1v) is 7.37. The Morgan fingerprint density at radius 3 is 2.52 bits per heavy atom. The fourth-order valence-electron chi connectivity index (χ4n) is 2.35. The van der Waals surface area contributed by atoms with Gasteiger partial charge in [-0.25, -0.2) is 0 Å². The van der Waals surface area contributed by atoms with E-state index < -0.39 is 0 Å². The molecule has 1 aliphatic heterocycles. The zero-order chi connectivity index (χ0) is 15.1. The van der Waals surface area contributed by atoms with Crippen molar-refractivity contribution in [3.05, 3.63) is 39.9 Å². The normalized spacial score (nSPS) is 16.3. The summed E-state index contributed by atoms with van der Waals surface area (Å²) >= 11 is 0. The molecule has 1 aromatic rings. The average Bonchev–Trinajstić information content (AvgIpc) is 2.52. The van der Waals surface area contributed by atoms with Crippen LogP contribution in [0.3, 0.4) is 0 Å². The minimum atomic E-state index is -0.363.